The molecule has 13 heteroatoms. The average Bonchev–Trinajstić information content (AvgIpc) is 2.92. The number of carbonyl (C=O) groups excluding carboxylic acids is 2. The normalized spacial score (nSPS) is 20.7. The van der Waals surface area contributed by atoms with Crippen LogP contribution in [0.25, 0.3) is 11.3 Å². The van der Waals surface area contributed by atoms with Crippen molar-refractivity contribution >= 4 is 17.8 Å². The summed E-state index contributed by atoms with van der Waals surface area (Å²) in [5.74, 6) is 0.243. The predicted molar refractivity (Wildman–Crippen MR) is 133 cm³/mol. The van der Waals surface area contributed by atoms with Gasteiger partial charge in [-0.1, -0.05) is 12.1 Å². The van der Waals surface area contributed by atoms with E-state index >= 15 is 0 Å². The van der Waals surface area contributed by atoms with Crippen molar-refractivity contribution in [2.75, 3.05) is 51.3 Å². The molecule has 38 heavy (non-hydrogen) atoms. The second kappa shape index (κ2) is 12.5. The molecule has 206 valence electrons. The lowest BCUT2D eigenvalue weighted by Gasteiger charge is -2.35. The van der Waals surface area contributed by atoms with E-state index in [1.807, 2.05) is 4.90 Å². The Morgan fingerprint density at radius 3 is 2.34 bits per heavy atom. The predicted octanol–water partition coefficient (Wildman–Crippen LogP) is 1.87. The van der Waals surface area contributed by atoms with E-state index in [9.17, 15) is 22.8 Å². The molecule has 1 aliphatic heterocycles. The number of hydrogen-bond acceptors (Lipinski definition) is 8. The highest BCUT2D eigenvalue weighted by molar-refractivity contribution is 5.78. The van der Waals surface area contributed by atoms with Crippen molar-refractivity contribution in [2.24, 2.45) is 0 Å². The minimum Gasteiger partial charge on any atom is -0.368 e. The molecule has 0 atom stereocenters. The van der Waals surface area contributed by atoms with Gasteiger partial charge < -0.3 is 20.3 Å². The van der Waals surface area contributed by atoms with Crippen molar-refractivity contribution < 1.29 is 27.5 Å². The lowest BCUT2D eigenvalue weighted by molar-refractivity contribution is -0.137. The lowest BCUT2D eigenvalue weighted by atomic mass is 9.93. The molecule has 1 saturated carbocycles. The Labute approximate surface area is 218 Å². The van der Waals surface area contributed by atoms with Crippen LogP contribution in [0.3, 0.4) is 0 Å². The number of likely N-dealkylation sites (N-methyl/N-ethyl adjacent to an activating group) is 1. The summed E-state index contributed by atoms with van der Waals surface area (Å²) in [6.45, 7) is 2.83. The average molecular weight is 536 g/mol. The lowest BCUT2D eigenvalue weighted by Crippen LogP contribution is -2.51. The number of rotatable bonds is 8. The SMILES string of the molecule is CNC(=O)CO[C@H]1CC[C@H](NC(=O)CN2CCN(c3nncc(-c4ccc(C(F)(F)F)cc4)n3)CC2)CC1. The first-order valence-corrected chi connectivity index (χ1v) is 12.7. The molecule has 1 aromatic heterocycles. The molecule has 0 bridgehead atoms. The van der Waals surface area contributed by atoms with Crippen LogP contribution >= 0.6 is 0 Å². The van der Waals surface area contributed by atoms with E-state index < -0.39 is 11.7 Å². The van der Waals surface area contributed by atoms with Crippen LogP contribution in [0.4, 0.5) is 19.1 Å². The molecular formula is C25H32F3N7O3. The maximum atomic E-state index is 12.8. The number of nitrogens with zero attached hydrogens (tertiary/aromatic N) is 5. The van der Waals surface area contributed by atoms with Gasteiger partial charge in [0.2, 0.25) is 17.8 Å². The number of anilines is 1. The zero-order valence-electron chi connectivity index (χ0n) is 21.2. The van der Waals surface area contributed by atoms with Crippen LogP contribution in [-0.2, 0) is 20.5 Å². The van der Waals surface area contributed by atoms with Crippen LogP contribution in [-0.4, -0.2) is 90.4 Å². The summed E-state index contributed by atoms with van der Waals surface area (Å²) in [6, 6.07) is 4.90. The summed E-state index contributed by atoms with van der Waals surface area (Å²) in [5, 5.41) is 13.7. The van der Waals surface area contributed by atoms with Crippen molar-refractivity contribution in [1.29, 1.82) is 0 Å². The van der Waals surface area contributed by atoms with Gasteiger partial charge in [0.1, 0.15) is 6.61 Å². The summed E-state index contributed by atoms with van der Waals surface area (Å²) in [7, 11) is 1.58. The molecule has 0 radical (unpaired) electrons. The molecule has 0 spiro atoms. The van der Waals surface area contributed by atoms with Gasteiger partial charge in [-0.3, -0.25) is 14.5 Å². The zero-order valence-corrected chi connectivity index (χ0v) is 21.2. The van der Waals surface area contributed by atoms with Crippen molar-refractivity contribution in [3.63, 3.8) is 0 Å². The molecule has 10 nitrogen and oxygen atoms in total. The summed E-state index contributed by atoms with van der Waals surface area (Å²) in [4.78, 5) is 32.4. The number of ether oxygens (including phenoxy) is 1. The van der Waals surface area contributed by atoms with Crippen LogP contribution in [0.15, 0.2) is 30.5 Å². The number of carbonyl (C=O) groups is 2. The van der Waals surface area contributed by atoms with Gasteiger partial charge in [0.15, 0.2) is 0 Å². The molecule has 2 N–H and O–H groups in total. The highest BCUT2D eigenvalue weighted by atomic mass is 19.4. The van der Waals surface area contributed by atoms with Crippen molar-refractivity contribution in [1.82, 2.24) is 30.7 Å². The third-order valence-corrected chi connectivity index (χ3v) is 6.85. The minimum absolute atomic E-state index is 0.0182. The first-order chi connectivity index (χ1) is 18.2. The summed E-state index contributed by atoms with van der Waals surface area (Å²) < 4.78 is 44.1. The molecular weight excluding hydrogens is 503 g/mol. The maximum Gasteiger partial charge on any atom is 0.416 e. The molecule has 2 heterocycles. The third kappa shape index (κ3) is 7.60. The van der Waals surface area contributed by atoms with Crippen LogP contribution in [0.1, 0.15) is 31.2 Å². The Hall–Kier alpha value is -3.32. The quantitative estimate of drug-likeness (QED) is 0.527. The number of hydrogen-bond donors (Lipinski definition) is 2. The molecule has 1 aromatic carbocycles. The Kier molecular flexibility index (Phi) is 9.10. The second-order valence-corrected chi connectivity index (χ2v) is 9.51. The summed E-state index contributed by atoms with van der Waals surface area (Å²) >= 11 is 0. The molecule has 1 saturated heterocycles. The Morgan fingerprint density at radius 2 is 1.71 bits per heavy atom. The van der Waals surface area contributed by atoms with E-state index in [0.29, 0.717) is 49.9 Å². The maximum absolute atomic E-state index is 12.8. The van der Waals surface area contributed by atoms with Gasteiger partial charge in [-0.2, -0.15) is 18.3 Å². The van der Waals surface area contributed by atoms with E-state index in [1.165, 1.54) is 18.3 Å². The first-order valence-electron chi connectivity index (χ1n) is 12.7. The number of aromatic nitrogens is 3. The molecule has 2 amide bonds. The second-order valence-electron chi connectivity index (χ2n) is 9.51. The fourth-order valence-corrected chi connectivity index (χ4v) is 4.62. The topological polar surface area (TPSA) is 113 Å². The first kappa shape index (κ1) is 27.7. The van der Waals surface area contributed by atoms with Crippen LogP contribution in [0, 0.1) is 0 Å². The smallest absolute Gasteiger partial charge is 0.368 e. The van der Waals surface area contributed by atoms with Crippen molar-refractivity contribution in [3.05, 3.63) is 36.0 Å². The molecule has 2 aromatic rings. The molecule has 0 unspecified atom stereocenters. The summed E-state index contributed by atoms with van der Waals surface area (Å²) in [5.41, 5.74) is 0.249. The molecule has 2 fully saturated rings. The van der Waals surface area contributed by atoms with Crippen LogP contribution in [0.2, 0.25) is 0 Å². The molecule has 4 rings (SSSR count). The summed E-state index contributed by atoms with van der Waals surface area (Å²) in [6.07, 6.45) is 0.319. The number of amides is 2. The highest BCUT2D eigenvalue weighted by Gasteiger charge is 2.30. The van der Waals surface area contributed by atoms with Gasteiger partial charge in [-0.25, -0.2) is 4.98 Å². The van der Waals surface area contributed by atoms with Gasteiger partial charge in [0.25, 0.3) is 0 Å². The van der Waals surface area contributed by atoms with Gasteiger partial charge in [0, 0.05) is 44.8 Å². The number of halogens is 3. The van der Waals surface area contributed by atoms with E-state index in [4.69, 9.17) is 4.74 Å². The Morgan fingerprint density at radius 1 is 1.03 bits per heavy atom. The zero-order chi connectivity index (χ0) is 27.1. The monoisotopic (exact) mass is 535 g/mol. The number of benzene rings is 1. The van der Waals surface area contributed by atoms with Gasteiger partial charge >= 0.3 is 6.18 Å². The number of alkyl halides is 3. The third-order valence-electron chi connectivity index (χ3n) is 6.85. The molecule has 1 aliphatic carbocycles. The fraction of sp³-hybridized carbons (Fsp3) is 0.560. The largest absolute Gasteiger partial charge is 0.416 e. The van der Waals surface area contributed by atoms with Gasteiger partial charge in [-0.15, -0.1) is 5.10 Å². The molecule has 2 aliphatic rings. The Bertz CT molecular complexity index is 1080. The van der Waals surface area contributed by atoms with E-state index in [2.05, 4.69) is 30.7 Å². The van der Waals surface area contributed by atoms with Crippen LogP contribution < -0.4 is 15.5 Å². The van der Waals surface area contributed by atoms with Crippen molar-refractivity contribution in [2.45, 2.75) is 44.0 Å². The highest BCUT2D eigenvalue weighted by Crippen LogP contribution is 2.30. The van der Waals surface area contributed by atoms with Gasteiger partial charge in [-0.05, 0) is 37.8 Å². The number of piperazine rings is 1. The van der Waals surface area contributed by atoms with E-state index in [1.54, 1.807) is 7.05 Å². The van der Waals surface area contributed by atoms with Crippen LogP contribution in [0.5, 0.6) is 0 Å². The Balaban J connectivity index is 1.21. The number of nitrogens with one attached hydrogen (secondary N) is 2. The fourth-order valence-electron chi connectivity index (χ4n) is 4.62. The van der Waals surface area contributed by atoms with Gasteiger partial charge in [0.05, 0.1) is 30.1 Å². The van der Waals surface area contributed by atoms with E-state index in [-0.39, 0.29) is 30.6 Å². The standard InChI is InChI=1S/C25H32F3N7O3/c1-29-23(37)16-38-20-8-6-19(7-9-20)31-22(36)15-34-10-12-35(13-11-34)24-32-21(14-30-33-24)17-2-4-18(5-3-17)25(26,27)28/h2-5,14,19-20H,6-13,15-16H2,1H3,(H,29,37)(H,31,36)/t19-,20-. The van der Waals surface area contributed by atoms with E-state index in [0.717, 1.165) is 37.8 Å². The van der Waals surface area contributed by atoms with Crippen molar-refractivity contribution in [3.8, 4) is 11.3 Å². The minimum atomic E-state index is -4.40.